The third kappa shape index (κ3) is 5.59. The summed E-state index contributed by atoms with van der Waals surface area (Å²) >= 11 is 0. The predicted octanol–water partition coefficient (Wildman–Crippen LogP) is 2.01. The Morgan fingerprint density at radius 1 is 1.26 bits per heavy atom. The van der Waals surface area contributed by atoms with Crippen LogP contribution in [0.4, 0.5) is 5.82 Å². The molecule has 2 aromatic rings. The lowest BCUT2D eigenvalue weighted by Gasteiger charge is -2.32. The van der Waals surface area contributed by atoms with Gasteiger partial charge in [-0.3, -0.25) is 4.79 Å². The van der Waals surface area contributed by atoms with E-state index >= 15 is 0 Å². The minimum Gasteiger partial charge on any atom is -0.497 e. The van der Waals surface area contributed by atoms with Crippen LogP contribution < -0.4 is 19.7 Å². The summed E-state index contributed by atoms with van der Waals surface area (Å²) in [5.74, 6) is 2.12. The van der Waals surface area contributed by atoms with Crippen LogP contribution in [0.25, 0.3) is 0 Å². The zero-order valence-electron chi connectivity index (χ0n) is 15.7. The summed E-state index contributed by atoms with van der Waals surface area (Å²) < 4.78 is 16.1. The van der Waals surface area contributed by atoms with Gasteiger partial charge in [0.25, 0.3) is 5.91 Å². The molecule has 2 heterocycles. The van der Waals surface area contributed by atoms with Gasteiger partial charge in [0.1, 0.15) is 17.3 Å². The second kappa shape index (κ2) is 9.23. The molecule has 1 atom stereocenters. The molecular weight excluding hydrogens is 346 g/mol. The lowest BCUT2D eigenvalue weighted by Crippen LogP contribution is -2.41. The Hall–Kier alpha value is -2.80. The van der Waals surface area contributed by atoms with Crippen molar-refractivity contribution in [2.75, 3.05) is 38.3 Å². The minimum absolute atomic E-state index is 0.0382. The number of nitrogens with zero attached hydrogens (tertiary/aromatic N) is 2. The number of amides is 1. The van der Waals surface area contributed by atoms with Gasteiger partial charge in [0.05, 0.1) is 19.8 Å². The van der Waals surface area contributed by atoms with Gasteiger partial charge in [-0.15, -0.1) is 0 Å². The van der Waals surface area contributed by atoms with E-state index in [-0.39, 0.29) is 18.6 Å². The van der Waals surface area contributed by atoms with Crippen molar-refractivity contribution < 1.29 is 19.0 Å². The molecule has 144 valence electrons. The number of hydrogen-bond donors (Lipinski definition) is 1. The van der Waals surface area contributed by atoms with E-state index < -0.39 is 0 Å². The number of hydrogen-bond acceptors (Lipinski definition) is 6. The number of carbonyl (C=O) groups excluding carboxylic acids is 1. The average molecular weight is 371 g/mol. The molecule has 1 aliphatic heterocycles. The molecule has 0 saturated carbocycles. The number of aromatic nitrogens is 1. The van der Waals surface area contributed by atoms with Crippen molar-refractivity contribution in [2.45, 2.75) is 19.6 Å². The number of anilines is 1. The summed E-state index contributed by atoms with van der Waals surface area (Å²) in [4.78, 5) is 18.7. The molecular formula is C20H25N3O4. The second-order valence-corrected chi connectivity index (χ2v) is 6.39. The predicted molar refractivity (Wildman–Crippen MR) is 102 cm³/mol. The molecule has 1 fully saturated rings. The number of morpholine rings is 1. The largest absolute Gasteiger partial charge is 0.497 e. The Kier molecular flexibility index (Phi) is 6.49. The van der Waals surface area contributed by atoms with Crippen LogP contribution in [0.2, 0.25) is 0 Å². The highest BCUT2D eigenvalue weighted by molar-refractivity contribution is 5.77. The molecule has 1 N–H and O–H groups in total. The number of nitrogens with one attached hydrogen (secondary N) is 1. The third-order valence-electron chi connectivity index (χ3n) is 4.29. The first kappa shape index (κ1) is 19.0. The van der Waals surface area contributed by atoms with Crippen LogP contribution >= 0.6 is 0 Å². The summed E-state index contributed by atoms with van der Waals surface area (Å²) in [5, 5.41) is 2.84. The maximum Gasteiger partial charge on any atom is 0.258 e. The molecule has 7 heteroatoms. The first-order valence-corrected chi connectivity index (χ1v) is 8.99. The molecule has 1 aromatic heterocycles. The van der Waals surface area contributed by atoms with E-state index in [4.69, 9.17) is 14.2 Å². The second-order valence-electron chi connectivity index (χ2n) is 6.39. The molecule has 0 spiro atoms. The molecule has 0 radical (unpaired) electrons. The number of pyridine rings is 1. The van der Waals surface area contributed by atoms with E-state index in [1.54, 1.807) is 37.6 Å². The van der Waals surface area contributed by atoms with Crippen molar-refractivity contribution in [3.8, 4) is 11.5 Å². The highest BCUT2D eigenvalue weighted by Gasteiger charge is 2.17. The van der Waals surface area contributed by atoms with Crippen LogP contribution in [0.5, 0.6) is 11.5 Å². The molecule has 0 bridgehead atoms. The van der Waals surface area contributed by atoms with Crippen molar-refractivity contribution in [1.82, 2.24) is 10.3 Å². The summed E-state index contributed by atoms with van der Waals surface area (Å²) in [6.07, 6.45) is 2.00. The third-order valence-corrected chi connectivity index (χ3v) is 4.29. The van der Waals surface area contributed by atoms with Gasteiger partial charge >= 0.3 is 0 Å². The number of ether oxygens (including phenoxy) is 3. The Balaban J connectivity index is 1.43. The van der Waals surface area contributed by atoms with E-state index in [0.717, 1.165) is 36.8 Å². The van der Waals surface area contributed by atoms with Crippen LogP contribution in [0.1, 0.15) is 12.5 Å². The van der Waals surface area contributed by atoms with E-state index in [1.165, 1.54) is 0 Å². The molecule has 1 unspecified atom stereocenters. The van der Waals surface area contributed by atoms with E-state index in [2.05, 4.69) is 22.1 Å². The van der Waals surface area contributed by atoms with Crippen molar-refractivity contribution in [3.63, 3.8) is 0 Å². The molecule has 7 nitrogen and oxygen atoms in total. The first-order chi connectivity index (χ1) is 13.1. The summed E-state index contributed by atoms with van der Waals surface area (Å²) in [6, 6.07) is 11.1. The Labute approximate surface area is 159 Å². The summed E-state index contributed by atoms with van der Waals surface area (Å²) in [7, 11) is 1.60. The lowest BCUT2D eigenvalue weighted by molar-refractivity contribution is -0.123. The van der Waals surface area contributed by atoms with Crippen molar-refractivity contribution in [2.24, 2.45) is 0 Å². The maximum absolute atomic E-state index is 12.0. The van der Waals surface area contributed by atoms with Crippen molar-refractivity contribution >= 4 is 11.7 Å². The van der Waals surface area contributed by atoms with Gasteiger partial charge in [0, 0.05) is 25.8 Å². The quantitative estimate of drug-likeness (QED) is 0.803. The van der Waals surface area contributed by atoms with Crippen LogP contribution in [-0.4, -0.2) is 50.4 Å². The molecule has 1 aliphatic rings. The Morgan fingerprint density at radius 2 is 2.04 bits per heavy atom. The van der Waals surface area contributed by atoms with Crippen LogP contribution in [-0.2, 0) is 16.1 Å². The molecule has 27 heavy (non-hydrogen) atoms. The summed E-state index contributed by atoms with van der Waals surface area (Å²) in [6.45, 7) is 4.84. The zero-order chi connectivity index (χ0) is 19.1. The monoisotopic (exact) mass is 371 g/mol. The molecule has 1 amide bonds. The maximum atomic E-state index is 12.0. The number of carbonyl (C=O) groups is 1. The Morgan fingerprint density at radius 3 is 2.70 bits per heavy atom. The fraction of sp³-hybridized carbons (Fsp3) is 0.400. The molecule has 1 aromatic carbocycles. The summed E-state index contributed by atoms with van der Waals surface area (Å²) in [5.41, 5.74) is 0.942. The van der Waals surface area contributed by atoms with E-state index in [0.29, 0.717) is 12.3 Å². The number of benzene rings is 1. The van der Waals surface area contributed by atoms with Gasteiger partial charge in [-0.1, -0.05) is 6.07 Å². The van der Waals surface area contributed by atoms with Crippen LogP contribution in [0.15, 0.2) is 42.6 Å². The topological polar surface area (TPSA) is 72.9 Å². The van der Waals surface area contributed by atoms with Gasteiger partial charge in [0.15, 0.2) is 6.61 Å². The van der Waals surface area contributed by atoms with Crippen LogP contribution in [0, 0.1) is 0 Å². The van der Waals surface area contributed by atoms with Gasteiger partial charge in [0.2, 0.25) is 0 Å². The fourth-order valence-corrected chi connectivity index (χ4v) is 2.81. The molecule has 3 rings (SSSR count). The lowest BCUT2D eigenvalue weighted by atomic mass is 10.2. The number of methoxy groups -OCH3 is 1. The standard InChI is InChI=1S/C20H25N3O4/c1-15-13-23(9-10-26-15)19-8-3-16(11-21-19)12-22-20(24)14-27-18-6-4-17(25-2)5-7-18/h3-8,11,15H,9-10,12-14H2,1-2H3,(H,22,24). The molecule has 1 saturated heterocycles. The van der Waals surface area contributed by atoms with Crippen molar-refractivity contribution in [3.05, 3.63) is 48.2 Å². The minimum atomic E-state index is -0.183. The Bertz CT molecular complexity index is 734. The van der Waals surface area contributed by atoms with Crippen molar-refractivity contribution in [1.29, 1.82) is 0 Å². The zero-order valence-corrected chi connectivity index (χ0v) is 15.7. The first-order valence-electron chi connectivity index (χ1n) is 8.99. The highest BCUT2D eigenvalue weighted by atomic mass is 16.5. The normalized spacial score (nSPS) is 16.7. The molecule has 0 aliphatic carbocycles. The highest BCUT2D eigenvalue weighted by Crippen LogP contribution is 2.17. The van der Waals surface area contributed by atoms with Gasteiger partial charge < -0.3 is 24.4 Å². The van der Waals surface area contributed by atoms with Crippen LogP contribution in [0.3, 0.4) is 0 Å². The van der Waals surface area contributed by atoms with Gasteiger partial charge in [-0.2, -0.15) is 0 Å². The van der Waals surface area contributed by atoms with E-state index in [9.17, 15) is 4.79 Å². The average Bonchev–Trinajstić information content (AvgIpc) is 2.71. The number of rotatable bonds is 7. The van der Waals surface area contributed by atoms with Gasteiger partial charge in [-0.25, -0.2) is 4.98 Å². The SMILES string of the molecule is COc1ccc(OCC(=O)NCc2ccc(N3CCOC(C)C3)nc2)cc1. The smallest absolute Gasteiger partial charge is 0.258 e. The van der Waals surface area contributed by atoms with E-state index in [1.807, 2.05) is 12.1 Å². The van der Waals surface area contributed by atoms with Gasteiger partial charge in [-0.05, 0) is 42.8 Å². The fourth-order valence-electron chi connectivity index (χ4n) is 2.81.